The van der Waals surface area contributed by atoms with Crippen molar-refractivity contribution in [2.75, 3.05) is 13.2 Å². The van der Waals surface area contributed by atoms with Gasteiger partial charge in [-0.25, -0.2) is 0 Å². The van der Waals surface area contributed by atoms with E-state index in [4.69, 9.17) is 4.74 Å². The van der Waals surface area contributed by atoms with Gasteiger partial charge in [0.05, 0.1) is 25.4 Å². The Labute approximate surface area is 519 Å². The van der Waals surface area contributed by atoms with E-state index in [0.717, 1.165) is 51.4 Å². The Morgan fingerprint density at radius 2 is 0.602 bits per heavy atom. The van der Waals surface area contributed by atoms with E-state index in [2.05, 4.69) is 55.6 Å². The summed E-state index contributed by atoms with van der Waals surface area (Å²) in [6.07, 6.45) is 93.5. The summed E-state index contributed by atoms with van der Waals surface area (Å²) in [7, 11) is 0. The number of aliphatic hydroxyl groups excluding tert-OH is 2. The highest BCUT2D eigenvalue weighted by Crippen LogP contribution is 2.19. The van der Waals surface area contributed by atoms with Gasteiger partial charge >= 0.3 is 5.97 Å². The molecule has 0 heterocycles. The molecule has 0 saturated heterocycles. The molecule has 0 fully saturated rings. The lowest BCUT2D eigenvalue weighted by Gasteiger charge is -2.22. The molecule has 0 radical (unpaired) electrons. The van der Waals surface area contributed by atoms with Gasteiger partial charge in [-0.05, 0) is 83.5 Å². The summed E-state index contributed by atoms with van der Waals surface area (Å²) in [5.74, 6) is -0.0205. The monoisotopic (exact) mass is 1170 g/mol. The number of amides is 1. The zero-order valence-electron chi connectivity index (χ0n) is 56.2. The fraction of sp³-hybridized carbons (Fsp3) is 0.896. The maximum Gasteiger partial charge on any atom is 0.305 e. The number of carbonyl (C=O) groups is 2. The van der Waals surface area contributed by atoms with Crippen LogP contribution in [0.3, 0.4) is 0 Å². The van der Waals surface area contributed by atoms with E-state index in [1.54, 1.807) is 0 Å². The Morgan fingerprint density at radius 3 is 0.952 bits per heavy atom. The summed E-state index contributed by atoms with van der Waals surface area (Å²) in [6.45, 7) is 4.97. The molecule has 2 unspecified atom stereocenters. The van der Waals surface area contributed by atoms with Gasteiger partial charge in [-0.1, -0.05) is 359 Å². The molecule has 3 N–H and O–H groups in total. The molecule has 0 bridgehead atoms. The van der Waals surface area contributed by atoms with E-state index < -0.39 is 12.1 Å². The van der Waals surface area contributed by atoms with Gasteiger partial charge in [0.2, 0.25) is 5.91 Å². The molecule has 0 aromatic rings. The molecule has 2 atom stereocenters. The Balaban J connectivity index is 3.37. The van der Waals surface area contributed by atoms with Crippen LogP contribution < -0.4 is 5.32 Å². The second kappa shape index (κ2) is 72.6. The fourth-order valence-corrected chi connectivity index (χ4v) is 11.9. The minimum atomic E-state index is -0.665. The molecular formula is C77H147NO5. The van der Waals surface area contributed by atoms with E-state index in [0.29, 0.717) is 25.9 Å². The van der Waals surface area contributed by atoms with Crippen LogP contribution in [0.1, 0.15) is 418 Å². The van der Waals surface area contributed by atoms with E-state index >= 15 is 0 Å². The number of hydrogen-bond acceptors (Lipinski definition) is 5. The zero-order valence-corrected chi connectivity index (χ0v) is 56.2. The fourth-order valence-electron chi connectivity index (χ4n) is 11.9. The third-order valence-corrected chi connectivity index (χ3v) is 17.7. The zero-order chi connectivity index (χ0) is 59.9. The molecule has 0 aliphatic heterocycles. The molecule has 0 spiro atoms. The number of allylic oxidation sites excluding steroid dienone is 6. The second-order valence-electron chi connectivity index (χ2n) is 26.0. The van der Waals surface area contributed by atoms with Crippen LogP contribution in [-0.4, -0.2) is 47.4 Å². The normalized spacial score (nSPS) is 12.7. The molecule has 83 heavy (non-hydrogen) atoms. The third-order valence-electron chi connectivity index (χ3n) is 17.7. The van der Waals surface area contributed by atoms with E-state index in [9.17, 15) is 19.8 Å². The molecule has 6 heteroatoms. The summed E-state index contributed by atoms with van der Waals surface area (Å²) < 4.78 is 5.50. The van der Waals surface area contributed by atoms with Crippen LogP contribution in [0.2, 0.25) is 0 Å². The highest BCUT2D eigenvalue weighted by atomic mass is 16.5. The van der Waals surface area contributed by atoms with Crippen LogP contribution in [0.5, 0.6) is 0 Å². The maximum absolute atomic E-state index is 12.6. The van der Waals surface area contributed by atoms with Crippen molar-refractivity contribution in [3.63, 3.8) is 0 Å². The minimum absolute atomic E-state index is 0.00939. The van der Waals surface area contributed by atoms with Crippen LogP contribution >= 0.6 is 0 Å². The largest absolute Gasteiger partial charge is 0.466 e. The van der Waals surface area contributed by atoms with Gasteiger partial charge in [0.1, 0.15) is 0 Å². The Bertz CT molecular complexity index is 1340. The van der Waals surface area contributed by atoms with Crippen molar-refractivity contribution in [1.29, 1.82) is 0 Å². The molecule has 1 amide bonds. The first kappa shape index (κ1) is 81.1. The van der Waals surface area contributed by atoms with Crippen LogP contribution in [0.15, 0.2) is 36.5 Å². The molecule has 0 saturated carbocycles. The number of ether oxygens (including phenoxy) is 1. The lowest BCUT2D eigenvalue weighted by molar-refractivity contribution is -0.143. The Hall–Kier alpha value is -1.92. The van der Waals surface area contributed by atoms with Crippen molar-refractivity contribution < 1.29 is 24.5 Å². The predicted octanol–water partition coefficient (Wildman–Crippen LogP) is 24.7. The van der Waals surface area contributed by atoms with Gasteiger partial charge in [-0.3, -0.25) is 9.59 Å². The first-order valence-electron chi connectivity index (χ1n) is 37.7. The highest BCUT2D eigenvalue weighted by Gasteiger charge is 2.20. The van der Waals surface area contributed by atoms with Crippen LogP contribution in [-0.2, 0) is 14.3 Å². The van der Waals surface area contributed by atoms with Crippen LogP contribution in [0.25, 0.3) is 0 Å². The van der Waals surface area contributed by atoms with Crippen molar-refractivity contribution in [1.82, 2.24) is 5.32 Å². The summed E-state index contributed by atoms with van der Waals surface area (Å²) in [5.41, 5.74) is 0. The van der Waals surface area contributed by atoms with E-state index in [1.165, 1.54) is 334 Å². The standard InChI is InChI=1S/C77H147NO5/c1-3-5-7-9-11-13-15-17-19-21-22-34-38-41-45-49-53-57-61-65-69-75(80)74(73-79)78-76(81)70-66-62-58-54-50-46-42-39-35-32-30-28-26-24-23-25-27-29-31-33-36-40-44-48-52-56-60-64-68-72-83-77(82)71-67-63-59-55-51-47-43-37-20-18-16-14-12-10-8-6-4-2/h12,14,18,20,23,25,74-75,79-80H,3-11,13,15-17,19,21-22,24,26-73H2,1-2H3,(H,78,81)/b14-12-,20-18-,25-23-. The number of esters is 1. The van der Waals surface area contributed by atoms with Gasteiger partial charge in [0.25, 0.3) is 0 Å². The molecule has 6 nitrogen and oxygen atoms in total. The first-order chi connectivity index (χ1) is 41.0. The molecule has 0 aliphatic rings. The van der Waals surface area contributed by atoms with Crippen molar-refractivity contribution in [3.05, 3.63) is 36.5 Å². The van der Waals surface area contributed by atoms with Gasteiger partial charge in [0, 0.05) is 12.8 Å². The van der Waals surface area contributed by atoms with E-state index in [1.807, 2.05) is 0 Å². The molecular weight excluding hydrogens is 1020 g/mol. The Morgan fingerprint density at radius 1 is 0.337 bits per heavy atom. The summed E-state index contributed by atoms with van der Waals surface area (Å²) in [5, 5.41) is 23.4. The van der Waals surface area contributed by atoms with Crippen molar-refractivity contribution in [2.24, 2.45) is 0 Å². The Kier molecular flexibility index (Phi) is 70.9. The van der Waals surface area contributed by atoms with Crippen molar-refractivity contribution in [3.8, 4) is 0 Å². The molecule has 0 rings (SSSR count). The quantitative estimate of drug-likeness (QED) is 0.0320. The summed E-state index contributed by atoms with van der Waals surface area (Å²) in [4.78, 5) is 24.7. The number of carbonyl (C=O) groups excluding carboxylic acids is 2. The number of nitrogens with one attached hydrogen (secondary N) is 1. The number of unbranched alkanes of at least 4 members (excludes halogenated alkanes) is 54. The second-order valence-corrected chi connectivity index (χ2v) is 26.0. The van der Waals surface area contributed by atoms with Crippen molar-refractivity contribution in [2.45, 2.75) is 431 Å². The van der Waals surface area contributed by atoms with E-state index in [-0.39, 0.29) is 18.5 Å². The lowest BCUT2D eigenvalue weighted by atomic mass is 10.0. The number of hydrogen-bond donors (Lipinski definition) is 3. The predicted molar refractivity (Wildman–Crippen MR) is 366 cm³/mol. The first-order valence-corrected chi connectivity index (χ1v) is 37.7. The molecule has 0 aromatic heterocycles. The average Bonchev–Trinajstić information content (AvgIpc) is 3.48. The SMILES string of the molecule is CCCCC/C=C\C/C=C\CCCCCCCCCC(=O)OCCCCCCCCCCCCCC/C=C\CCCCCCCCCCCCCCCC(=O)NC(CO)C(O)CCCCCCCCCCCCCCCCCCCCCC. The average molecular weight is 1170 g/mol. The summed E-state index contributed by atoms with van der Waals surface area (Å²) >= 11 is 0. The highest BCUT2D eigenvalue weighted by molar-refractivity contribution is 5.76. The maximum atomic E-state index is 12.6. The van der Waals surface area contributed by atoms with Gasteiger partial charge < -0.3 is 20.3 Å². The minimum Gasteiger partial charge on any atom is -0.466 e. The molecule has 490 valence electrons. The molecule has 0 aromatic carbocycles. The van der Waals surface area contributed by atoms with Crippen LogP contribution in [0.4, 0.5) is 0 Å². The van der Waals surface area contributed by atoms with Gasteiger partial charge in [0.15, 0.2) is 0 Å². The lowest BCUT2D eigenvalue weighted by Crippen LogP contribution is -2.45. The number of aliphatic hydroxyl groups is 2. The van der Waals surface area contributed by atoms with Gasteiger partial charge in [-0.2, -0.15) is 0 Å². The smallest absolute Gasteiger partial charge is 0.305 e. The van der Waals surface area contributed by atoms with Gasteiger partial charge in [-0.15, -0.1) is 0 Å². The molecule has 0 aliphatic carbocycles. The van der Waals surface area contributed by atoms with Crippen molar-refractivity contribution >= 4 is 11.9 Å². The third kappa shape index (κ3) is 69.1. The topological polar surface area (TPSA) is 95.9 Å². The summed E-state index contributed by atoms with van der Waals surface area (Å²) in [6, 6.07) is -0.542. The number of rotatable bonds is 71. The van der Waals surface area contributed by atoms with Crippen LogP contribution in [0, 0.1) is 0 Å².